The normalized spacial score (nSPS) is 13.0. The van der Waals surface area contributed by atoms with Crippen LogP contribution >= 0.6 is 0 Å². The number of benzene rings is 2. The van der Waals surface area contributed by atoms with E-state index in [1.54, 1.807) is 0 Å². The molecule has 0 saturated carbocycles. The zero-order chi connectivity index (χ0) is 22.8. The molecule has 2 aromatic rings. The Hall–Kier alpha value is -2.34. The summed E-state index contributed by atoms with van der Waals surface area (Å²) >= 11 is 0. The molecule has 2 atom stereocenters. The highest BCUT2D eigenvalue weighted by molar-refractivity contribution is 5.82. The fourth-order valence-corrected chi connectivity index (χ4v) is 3.01. The van der Waals surface area contributed by atoms with E-state index < -0.39 is 6.10 Å². The predicted octanol–water partition coefficient (Wildman–Crippen LogP) is 4.70. The van der Waals surface area contributed by atoms with Gasteiger partial charge in [-0.25, -0.2) is 0 Å². The van der Waals surface area contributed by atoms with Crippen molar-refractivity contribution in [2.24, 2.45) is 5.92 Å². The van der Waals surface area contributed by atoms with Crippen molar-refractivity contribution in [3.8, 4) is 11.5 Å². The van der Waals surface area contributed by atoms with Crippen LogP contribution in [0.15, 0.2) is 54.1 Å². The molecule has 2 aromatic carbocycles. The van der Waals surface area contributed by atoms with E-state index in [0.717, 1.165) is 22.4 Å². The van der Waals surface area contributed by atoms with Crippen LogP contribution in [0.2, 0.25) is 0 Å². The van der Waals surface area contributed by atoms with Crippen LogP contribution < -0.4 is 9.47 Å². The molecule has 0 fully saturated rings. The molecule has 0 aromatic heterocycles. The molecule has 5 nitrogen and oxygen atoms in total. The van der Waals surface area contributed by atoms with Crippen LogP contribution in [0.4, 0.5) is 0 Å². The first-order valence-electron chi connectivity index (χ1n) is 10.8. The number of ether oxygens (including phenoxy) is 3. The van der Waals surface area contributed by atoms with Crippen LogP contribution in [0, 0.1) is 5.92 Å². The highest BCUT2D eigenvalue weighted by Crippen LogP contribution is 2.29. The van der Waals surface area contributed by atoms with Gasteiger partial charge in [-0.15, -0.1) is 0 Å². The van der Waals surface area contributed by atoms with E-state index in [9.17, 15) is 5.11 Å². The quantitative estimate of drug-likeness (QED) is 0.513. The second-order valence-electron chi connectivity index (χ2n) is 8.37. The standard InChI is InChI=1S/C26H36O5/c1-18(2)26(21-6-10-24(11-7-21)30-15-20(5)14-27)22-8-12-25(13-9-22)31-17-23(28)16-29-19(3)4/h6-13,19-20,23,27-28H,14-17H2,1-5H3. The van der Waals surface area contributed by atoms with E-state index >= 15 is 0 Å². The molecule has 2 N–H and O–H groups in total. The van der Waals surface area contributed by atoms with E-state index in [2.05, 4.69) is 26.0 Å². The smallest absolute Gasteiger partial charge is 0.119 e. The lowest BCUT2D eigenvalue weighted by atomic mass is 9.94. The maximum atomic E-state index is 9.95. The van der Waals surface area contributed by atoms with Gasteiger partial charge in [0.15, 0.2) is 0 Å². The molecule has 0 amide bonds. The molecule has 2 rings (SSSR count). The predicted molar refractivity (Wildman–Crippen MR) is 125 cm³/mol. The van der Waals surface area contributed by atoms with Crippen LogP contribution in [0.3, 0.4) is 0 Å². The van der Waals surface area contributed by atoms with Crippen molar-refractivity contribution in [1.29, 1.82) is 0 Å². The lowest BCUT2D eigenvalue weighted by Crippen LogP contribution is -2.25. The summed E-state index contributed by atoms with van der Waals surface area (Å²) in [6.07, 6.45) is -0.572. The third-order valence-corrected chi connectivity index (χ3v) is 4.70. The molecule has 170 valence electrons. The van der Waals surface area contributed by atoms with Gasteiger partial charge < -0.3 is 24.4 Å². The van der Waals surface area contributed by atoms with Gasteiger partial charge in [0.1, 0.15) is 24.2 Å². The molecule has 31 heavy (non-hydrogen) atoms. The topological polar surface area (TPSA) is 68.2 Å². The molecule has 0 radical (unpaired) electrons. The molecule has 0 spiro atoms. The lowest BCUT2D eigenvalue weighted by molar-refractivity contribution is -0.0122. The highest BCUT2D eigenvalue weighted by Gasteiger charge is 2.10. The number of hydrogen-bond donors (Lipinski definition) is 2. The third kappa shape index (κ3) is 8.37. The summed E-state index contributed by atoms with van der Waals surface area (Å²) < 4.78 is 16.8. The largest absolute Gasteiger partial charge is 0.493 e. The monoisotopic (exact) mass is 428 g/mol. The lowest BCUT2D eigenvalue weighted by Gasteiger charge is -2.16. The summed E-state index contributed by atoms with van der Waals surface area (Å²) in [5.41, 5.74) is 4.57. The van der Waals surface area contributed by atoms with Crippen molar-refractivity contribution in [2.75, 3.05) is 26.4 Å². The van der Waals surface area contributed by atoms with E-state index in [4.69, 9.17) is 19.3 Å². The summed E-state index contributed by atoms with van der Waals surface area (Å²) in [4.78, 5) is 0. The molecule has 0 aliphatic rings. The van der Waals surface area contributed by atoms with Gasteiger partial charge in [0.05, 0.1) is 19.3 Å². The van der Waals surface area contributed by atoms with Crippen molar-refractivity contribution >= 4 is 5.57 Å². The zero-order valence-electron chi connectivity index (χ0n) is 19.3. The van der Waals surface area contributed by atoms with Gasteiger partial charge in [-0.2, -0.15) is 0 Å². The molecule has 0 aliphatic heterocycles. The van der Waals surface area contributed by atoms with Crippen molar-refractivity contribution < 1.29 is 24.4 Å². The number of allylic oxidation sites excluding steroid dienone is 1. The second kappa shape index (κ2) is 12.5. The SMILES string of the molecule is CC(C)=C(c1ccc(OCC(C)CO)cc1)c1ccc(OCC(O)COC(C)C)cc1. The Bertz CT molecular complexity index is 805. The van der Waals surface area contributed by atoms with E-state index in [1.165, 1.54) is 5.57 Å². The van der Waals surface area contributed by atoms with Crippen molar-refractivity contribution in [2.45, 2.75) is 46.8 Å². The van der Waals surface area contributed by atoms with Crippen molar-refractivity contribution in [3.05, 3.63) is 65.2 Å². The van der Waals surface area contributed by atoms with Gasteiger partial charge in [0.2, 0.25) is 0 Å². The molecule has 2 unspecified atom stereocenters. The van der Waals surface area contributed by atoms with Gasteiger partial charge >= 0.3 is 0 Å². The summed E-state index contributed by atoms with van der Waals surface area (Å²) in [7, 11) is 0. The van der Waals surface area contributed by atoms with Crippen LogP contribution in [-0.2, 0) is 4.74 Å². The highest BCUT2D eigenvalue weighted by atomic mass is 16.5. The first-order valence-corrected chi connectivity index (χ1v) is 10.8. The third-order valence-electron chi connectivity index (χ3n) is 4.70. The number of rotatable bonds is 12. The summed E-state index contributed by atoms with van der Waals surface area (Å²) in [5, 5.41) is 19.1. The molecule has 0 bridgehead atoms. The molecule has 0 saturated heterocycles. The minimum Gasteiger partial charge on any atom is -0.493 e. The zero-order valence-corrected chi connectivity index (χ0v) is 19.3. The van der Waals surface area contributed by atoms with Crippen molar-refractivity contribution in [3.63, 3.8) is 0 Å². The molecule has 0 heterocycles. The average molecular weight is 429 g/mol. The van der Waals surface area contributed by atoms with E-state index in [-0.39, 0.29) is 31.8 Å². The number of aliphatic hydroxyl groups excluding tert-OH is 2. The average Bonchev–Trinajstić information content (AvgIpc) is 2.76. The van der Waals surface area contributed by atoms with Crippen LogP contribution in [0.5, 0.6) is 11.5 Å². The Labute approximate surface area is 186 Å². The summed E-state index contributed by atoms with van der Waals surface area (Å²) in [6.45, 7) is 11.1. The summed E-state index contributed by atoms with van der Waals surface area (Å²) in [6, 6.07) is 15.9. The molecule has 5 heteroatoms. The first-order chi connectivity index (χ1) is 14.8. The van der Waals surface area contributed by atoms with Crippen LogP contribution in [0.1, 0.15) is 45.7 Å². The Balaban J connectivity index is 2.03. The minimum absolute atomic E-state index is 0.0844. The molecular weight excluding hydrogens is 392 g/mol. The van der Waals surface area contributed by atoms with Gasteiger partial charge in [-0.3, -0.25) is 0 Å². The van der Waals surface area contributed by atoms with Gasteiger partial charge in [-0.05, 0) is 68.7 Å². The Morgan fingerprint density at radius 3 is 1.68 bits per heavy atom. The van der Waals surface area contributed by atoms with E-state index in [1.807, 2.05) is 57.2 Å². The minimum atomic E-state index is -0.656. The molecular formula is C26H36O5. The number of aliphatic hydroxyl groups is 2. The van der Waals surface area contributed by atoms with Crippen LogP contribution in [-0.4, -0.2) is 48.8 Å². The Morgan fingerprint density at radius 1 is 0.774 bits per heavy atom. The molecule has 0 aliphatic carbocycles. The maximum absolute atomic E-state index is 9.95. The van der Waals surface area contributed by atoms with Gasteiger partial charge in [-0.1, -0.05) is 36.8 Å². The second-order valence-corrected chi connectivity index (χ2v) is 8.37. The number of hydrogen-bond acceptors (Lipinski definition) is 5. The Kier molecular flexibility index (Phi) is 10.0. The van der Waals surface area contributed by atoms with Crippen molar-refractivity contribution in [1.82, 2.24) is 0 Å². The summed E-state index contributed by atoms with van der Waals surface area (Å²) in [5.74, 6) is 1.61. The maximum Gasteiger partial charge on any atom is 0.119 e. The Morgan fingerprint density at radius 2 is 1.26 bits per heavy atom. The van der Waals surface area contributed by atoms with E-state index in [0.29, 0.717) is 12.4 Å². The van der Waals surface area contributed by atoms with Crippen LogP contribution in [0.25, 0.3) is 5.57 Å². The van der Waals surface area contributed by atoms with Gasteiger partial charge in [0, 0.05) is 12.5 Å². The fraction of sp³-hybridized carbons (Fsp3) is 0.462. The fourth-order valence-electron chi connectivity index (χ4n) is 3.01. The first kappa shape index (κ1) is 24.9. The van der Waals surface area contributed by atoms with Gasteiger partial charge in [0.25, 0.3) is 0 Å².